The Kier molecular flexibility index (Phi) is 3.14. The first-order valence-corrected chi connectivity index (χ1v) is 7.09. The van der Waals surface area contributed by atoms with Crippen LogP contribution in [0.5, 0.6) is 0 Å². The second-order valence-electron chi connectivity index (χ2n) is 5.30. The topological polar surface area (TPSA) is 27.1 Å². The van der Waals surface area contributed by atoms with Crippen LogP contribution in [0.1, 0.15) is 44.3 Å². The summed E-state index contributed by atoms with van der Waals surface area (Å²) in [7, 11) is 0. The lowest BCUT2D eigenvalue weighted by Gasteiger charge is -2.24. The van der Waals surface area contributed by atoms with Gasteiger partial charge in [0.2, 0.25) is 0 Å². The van der Waals surface area contributed by atoms with E-state index in [0.29, 0.717) is 12.0 Å². The predicted octanol–water partition coefficient (Wildman–Crippen LogP) is 3.11. The Morgan fingerprint density at radius 1 is 1.41 bits per heavy atom. The lowest BCUT2D eigenvalue weighted by Crippen LogP contribution is -2.26. The number of ether oxygens (including phenoxy) is 1. The van der Waals surface area contributed by atoms with E-state index in [4.69, 9.17) is 16.3 Å². The molecule has 4 heteroatoms. The Balaban J connectivity index is 1.64. The minimum Gasteiger partial charge on any atom is -0.370 e. The fourth-order valence-electron chi connectivity index (χ4n) is 3.27. The first-order valence-electron chi connectivity index (χ1n) is 6.55. The molecule has 2 aliphatic rings. The second-order valence-corrected chi connectivity index (χ2v) is 5.57. The van der Waals surface area contributed by atoms with Crippen molar-refractivity contribution in [2.75, 3.05) is 0 Å². The molecule has 1 aliphatic carbocycles. The molecule has 1 aliphatic heterocycles. The molecule has 0 bridgehead atoms. The number of hydrogen-bond acceptors (Lipinski definition) is 2. The lowest BCUT2D eigenvalue weighted by molar-refractivity contribution is -0.0420. The Labute approximate surface area is 107 Å². The zero-order chi connectivity index (χ0) is 11.7. The molecule has 1 saturated heterocycles. The van der Waals surface area contributed by atoms with Crippen LogP contribution in [0.4, 0.5) is 0 Å². The van der Waals surface area contributed by atoms with Gasteiger partial charge in [-0.05, 0) is 25.7 Å². The molecule has 0 aromatic carbocycles. The van der Waals surface area contributed by atoms with Gasteiger partial charge in [-0.15, -0.1) is 11.6 Å². The zero-order valence-corrected chi connectivity index (χ0v) is 10.8. The highest BCUT2D eigenvalue weighted by Gasteiger charge is 2.42. The summed E-state index contributed by atoms with van der Waals surface area (Å²) in [6.07, 6.45) is 11.8. The van der Waals surface area contributed by atoms with Gasteiger partial charge in [-0.3, -0.25) is 0 Å². The third-order valence-corrected chi connectivity index (χ3v) is 4.41. The van der Waals surface area contributed by atoms with Gasteiger partial charge in [-0.25, -0.2) is 4.98 Å². The average Bonchev–Trinajstić information content (AvgIpc) is 3.03. The number of halogens is 1. The van der Waals surface area contributed by atoms with Crippen LogP contribution in [0, 0.1) is 0 Å². The highest BCUT2D eigenvalue weighted by atomic mass is 35.5. The molecule has 1 unspecified atom stereocenters. The summed E-state index contributed by atoms with van der Waals surface area (Å²) < 4.78 is 8.42. The Morgan fingerprint density at radius 2 is 2.24 bits per heavy atom. The molecule has 2 fully saturated rings. The van der Waals surface area contributed by atoms with Crippen molar-refractivity contribution in [2.45, 2.75) is 62.7 Å². The van der Waals surface area contributed by atoms with Gasteiger partial charge in [0.15, 0.2) is 0 Å². The van der Waals surface area contributed by atoms with Gasteiger partial charge in [0.1, 0.15) is 5.82 Å². The van der Waals surface area contributed by atoms with Crippen molar-refractivity contribution in [1.82, 2.24) is 9.55 Å². The maximum Gasteiger partial charge on any atom is 0.123 e. The monoisotopic (exact) mass is 254 g/mol. The van der Waals surface area contributed by atoms with Crippen LogP contribution < -0.4 is 0 Å². The molecule has 2 heterocycles. The van der Waals surface area contributed by atoms with E-state index in [1.54, 1.807) is 0 Å². The van der Waals surface area contributed by atoms with Crippen molar-refractivity contribution in [2.24, 2.45) is 0 Å². The summed E-state index contributed by atoms with van der Waals surface area (Å²) in [5.41, 5.74) is 0.229. The number of rotatable bonds is 3. The molecular formula is C13H19ClN2O. The van der Waals surface area contributed by atoms with Crippen LogP contribution in [0.15, 0.2) is 12.4 Å². The molecule has 0 amide bonds. The minimum atomic E-state index is 0.229. The van der Waals surface area contributed by atoms with Gasteiger partial charge in [0, 0.05) is 12.4 Å². The predicted molar refractivity (Wildman–Crippen MR) is 67.1 cm³/mol. The van der Waals surface area contributed by atoms with Crippen molar-refractivity contribution in [1.29, 1.82) is 0 Å². The van der Waals surface area contributed by atoms with Crippen LogP contribution in [0.25, 0.3) is 0 Å². The lowest BCUT2D eigenvalue weighted by atomic mass is 9.98. The molecule has 3 rings (SSSR count). The largest absolute Gasteiger partial charge is 0.370 e. The molecule has 1 aromatic rings. The molecule has 1 saturated carbocycles. The van der Waals surface area contributed by atoms with Crippen molar-refractivity contribution in [3.63, 3.8) is 0 Å². The maximum absolute atomic E-state index is 6.29. The van der Waals surface area contributed by atoms with Gasteiger partial charge in [0.25, 0.3) is 0 Å². The highest BCUT2D eigenvalue weighted by Crippen LogP contribution is 2.43. The molecule has 0 N–H and O–H groups in total. The van der Waals surface area contributed by atoms with E-state index in [1.807, 2.05) is 12.4 Å². The van der Waals surface area contributed by atoms with Gasteiger partial charge < -0.3 is 9.30 Å². The minimum absolute atomic E-state index is 0.229. The smallest absolute Gasteiger partial charge is 0.123 e. The zero-order valence-electron chi connectivity index (χ0n) is 10.1. The van der Waals surface area contributed by atoms with Crippen molar-refractivity contribution < 1.29 is 4.74 Å². The van der Waals surface area contributed by atoms with Crippen LogP contribution in [0.2, 0.25) is 0 Å². The van der Waals surface area contributed by atoms with E-state index in [-0.39, 0.29) is 5.60 Å². The molecule has 17 heavy (non-hydrogen) atoms. The van der Waals surface area contributed by atoms with Gasteiger partial charge in [-0.2, -0.15) is 0 Å². The van der Waals surface area contributed by atoms with Gasteiger partial charge in [-0.1, -0.05) is 12.8 Å². The van der Waals surface area contributed by atoms with E-state index >= 15 is 0 Å². The Morgan fingerprint density at radius 3 is 3.00 bits per heavy atom. The molecule has 1 spiro atoms. The van der Waals surface area contributed by atoms with Crippen molar-refractivity contribution >= 4 is 11.6 Å². The summed E-state index contributed by atoms with van der Waals surface area (Å²) in [5.74, 6) is 1.42. The standard InChI is InChI=1S/C13H19ClN2O/c14-9-12-15-7-8-16(12)10-11-3-6-13(17-11)4-1-2-5-13/h7-8,11H,1-6,9-10H2. The number of imidazole rings is 1. The van der Waals surface area contributed by atoms with Gasteiger partial charge in [0.05, 0.1) is 24.1 Å². The summed E-state index contributed by atoms with van der Waals surface area (Å²) >= 11 is 5.86. The molecule has 3 nitrogen and oxygen atoms in total. The first-order chi connectivity index (χ1) is 8.31. The highest BCUT2D eigenvalue weighted by molar-refractivity contribution is 6.16. The fourth-order valence-corrected chi connectivity index (χ4v) is 3.49. The maximum atomic E-state index is 6.29. The van der Waals surface area contributed by atoms with Crippen LogP contribution >= 0.6 is 11.6 Å². The van der Waals surface area contributed by atoms with Crippen LogP contribution in [-0.4, -0.2) is 21.3 Å². The molecule has 1 atom stereocenters. The molecule has 0 radical (unpaired) electrons. The van der Waals surface area contributed by atoms with E-state index in [0.717, 1.165) is 12.4 Å². The summed E-state index contributed by atoms with van der Waals surface area (Å²) in [4.78, 5) is 4.24. The Hall–Kier alpha value is -0.540. The third kappa shape index (κ3) is 2.23. The molecule has 94 valence electrons. The van der Waals surface area contributed by atoms with Crippen molar-refractivity contribution in [3.8, 4) is 0 Å². The van der Waals surface area contributed by atoms with E-state index in [9.17, 15) is 0 Å². The summed E-state index contributed by atoms with van der Waals surface area (Å²) in [5, 5.41) is 0. The number of nitrogens with zero attached hydrogens (tertiary/aromatic N) is 2. The van der Waals surface area contributed by atoms with E-state index in [2.05, 4.69) is 9.55 Å². The fraction of sp³-hybridized carbons (Fsp3) is 0.769. The third-order valence-electron chi connectivity index (χ3n) is 4.17. The molecular weight excluding hydrogens is 236 g/mol. The average molecular weight is 255 g/mol. The second kappa shape index (κ2) is 4.62. The van der Waals surface area contributed by atoms with Gasteiger partial charge >= 0.3 is 0 Å². The number of hydrogen-bond donors (Lipinski definition) is 0. The van der Waals surface area contributed by atoms with Crippen LogP contribution in [0.3, 0.4) is 0 Å². The van der Waals surface area contributed by atoms with E-state index in [1.165, 1.54) is 38.5 Å². The van der Waals surface area contributed by atoms with E-state index < -0.39 is 0 Å². The SMILES string of the molecule is ClCc1nccn1CC1CCC2(CCCC2)O1. The summed E-state index contributed by atoms with van der Waals surface area (Å²) in [6.45, 7) is 0.907. The summed E-state index contributed by atoms with van der Waals surface area (Å²) in [6, 6.07) is 0. The van der Waals surface area contributed by atoms with Crippen LogP contribution in [-0.2, 0) is 17.2 Å². The van der Waals surface area contributed by atoms with Crippen molar-refractivity contribution in [3.05, 3.63) is 18.2 Å². The quantitative estimate of drug-likeness (QED) is 0.775. The normalized spacial score (nSPS) is 27.0. The first kappa shape index (κ1) is 11.5. The number of aromatic nitrogens is 2. The number of alkyl halides is 1. The molecule has 1 aromatic heterocycles. The Bertz CT molecular complexity index is 385.